The first-order valence-corrected chi connectivity index (χ1v) is 8.80. The van der Waals surface area contributed by atoms with Crippen LogP contribution in [0.1, 0.15) is 14.5 Å². The van der Waals surface area contributed by atoms with Crippen LogP contribution in [0.4, 0.5) is 5.69 Å². The molecule has 1 heterocycles. The summed E-state index contributed by atoms with van der Waals surface area (Å²) < 4.78 is 27.9. The van der Waals surface area contributed by atoms with Crippen LogP contribution in [0.15, 0.2) is 35.2 Å². The van der Waals surface area contributed by atoms with E-state index in [4.69, 9.17) is 5.11 Å². The van der Waals surface area contributed by atoms with Crippen molar-refractivity contribution in [2.24, 2.45) is 0 Å². The molecule has 20 heavy (non-hydrogen) atoms. The quantitative estimate of drug-likeness (QED) is 0.741. The summed E-state index contributed by atoms with van der Waals surface area (Å²) in [7, 11) is -3.79. The van der Waals surface area contributed by atoms with Gasteiger partial charge in [-0.3, -0.25) is 4.72 Å². The zero-order valence-electron chi connectivity index (χ0n) is 10.3. The van der Waals surface area contributed by atoms with Crippen molar-refractivity contribution < 1.29 is 18.3 Å². The van der Waals surface area contributed by atoms with Crippen molar-refractivity contribution in [1.29, 1.82) is 0 Å². The molecule has 8 heteroatoms. The Morgan fingerprint density at radius 3 is 2.55 bits per heavy atom. The van der Waals surface area contributed by atoms with Crippen LogP contribution in [-0.2, 0) is 10.0 Å². The highest BCUT2D eigenvalue weighted by Gasteiger charge is 2.22. The molecule has 0 saturated heterocycles. The Morgan fingerprint density at radius 1 is 1.35 bits per heavy atom. The van der Waals surface area contributed by atoms with E-state index < -0.39 is 16.0 Å². The van der Waals surface area contributed by atoms with Crippen molar-refractivity contribution in [3.05, 3.63) is 43.7 Å². The van der Waals surface area contributed by atoms with Gasteiger partial charge in [-0.05, 0) is 47.7 Å². The number of hydrogen-bond donors (Lipinski definition) is 2. The summed E-state index contributed by atoms with van der Waals surface area (Å²) in [5.41, 5.74) is 0.468. The molecule has 0 unspecified atom stereocenters. The van der Waals surface area contributed by atoms with Gasteiger partial charge in [0, 0.05) is 8.45 Å². The average Bonchev–Trinajstić information content (AvgIpc) is 2.75. The number of hydrogen-bond acceptors (Lipinski definition) is 4. The minimum atomic E-state index is -3.79. The maximum atomic E-state index is 12.3. The molecule has 106 valence electrons. The molecule has 2 N–H and O–H groups in total. The minimum absolute atomic E-state index is 0.000414. The van der Waals surface area contributed by atoms with Crippen LogP contribution in [0.5, 0.6) is 0 Å². The number of carboxylic acid groups (broad SMARTS) is 1. The van der Waals surface area contributed by atoms with Gasteiger partial charge in [-0.15, -0.1) is 11.3 Å². The van der Waals surface area contributed by atoms with Crippen LogP contribution in [0.2, 0.25) is 0 Å². The molecule has 0 fully saturated rings. The summed E-state index contributed by atoms with van der Waals surface area (Å²) in [6.07, 6.45) is 0. The van der Waals surface area contributed by atoms with Gasteiger partial charge in [-0.2, -0.15) is 0 Å². The van der Waals surface area contributed by atoms with E-state index in [0.29, 0.717) is 10.6 Å². The van der Waals surface area contributed by atoms with Crippen molar-refractivity contribution in [2.45, 2.75) is 11.8 Å². The predicted octanol–water partition coefficient (Wildman–Crippen LogP) is 3.16. The van der Waals surface area contributed by atoms with E-state index >= 15 is 0 Å². The van der Waals surface area contributed by atoms with Crippen LogP contribution >= 0.6 is 33.9 Å². The van der Waals surface area contributed by atoms with Crippen LogP contribution in [0.3, 0.4) is 0 Å². The van der Waals surface area contributed by atoms with E-state index in [1.807, 2.05) is 22.6 Å². The smallest absolute Gasteiger partial charge is 0.345 e. The predicted molar refractivity (Wildman–Crippen MR) is 86.0 cm³/mol. The molecule has 0 saturated carbocycles. The fourth-order valence-electron chi connectivity index (χ4n) is 1.58. The normalized spacial score (nSPS) is 11.3. The Balaban J connectivity index is 2.41. The average molecular weight is 423 g/mol. The molecule has 0 spiro atoms. The van der Waals surface area contributed by atoms with Crippen molar-refractivity contribution in [1.82, 2.24) is 0 Å². The number of aromatic carboxylic acids is 1. The molecule has 1 aromatic heterocycles. The van der Waals surface area contributed by atoms with Gasteiger partial charge >= 0.3 is 5.97 Å². The number of nitrogens with one attached hydrogen (secondary N) is 1. The molecule has 0 aliphatic carbocycles. The number of para-hydroxylation sites is 1. The number of thiophene rings is 1. The van der Waals surface area contributed by atoms with Crippen molar-refractivity contribution in [3.8, 4) is 0 Å². The summed E-state index contributed by atoms with van der Waals surface area (Å²) in [6, 6.07) is 8.14. The zero-order valence-corrected chi connectivity index (χ0v) is 14.0. The first-order valence-electron chi connectivity index (χ1n) is 5.42. The standard InChI is InChI=1S/C12H10INO4S2/c1-7-11(6-10(19-7)12(15)16)20(17,18)14-9-5-3-2-4-8(9)13/h2-6,14H,1H3,(H,15,16). The van der Waals surface area contributed by atoms with Crippen molar-refractivity contribution >= 4 is 55.6 Å². The maximum absolute atomic E-state index is 12.3. The molecule has 0 radical (unpaired) electrons. The lowest BCUT2D eigenvalue weighted by Crippen LogP contribution is -2.14. The Kier molecular flexibility index (Phi) is 4.35. The number of anilines is 1. The fourth-order valence-corrected chi connectivity index (χ4v) is 4.80. The fraction of sp³-hybridized carbons (Fsp3) is 0.0833. The zero-order chi connectivity index (χ0) is 14.9. The third kappa shape index (κ3) is 3.13. The van der Waals surface area contributed by atoms with Gasteiger partial charge in [-0.1, -0.05) is 12.1 Å². The number of carbonyl (C=O) groups is 1. The van der Waals surface area contributed by atoms with Gasteiger partial charge in [0.15, 0.2) is 0 Å². The topological polar surface area (TPSA) is 83.5 Å². The van der Waals surface area contributed by atoms with E-state index in [9.17, 15) is 13.2 Å². The number of carboxylic acids is 1. The summed E-state index contributed by atoms with van der Waals surface area (Å²) in [4.78, 5) is 11.3. The SMILES string of the molecule is Cc1sc(C(=O)O)cc1S(=O)(=O)Nc1ccccc1I. The van der Waals surface area contributed by atoms with E-state index in [2.05, 4.69) is 4.72 Å². The highest BCUT2D eigenvalue weighted by atomic mass is 127. The van der Waals surface area contributed by atoms with Gasteiger partial charge in [0.2, 0.25) is 0 Å². The third-order valence-electron chi connectivity index (χ3n) is 2.49. The molecule has 1 aromatic carbocycles. The molecular weight excluding hydrogens is 413 g/mol. The van der Waals surface area contributed by atoms with Gasteiger partial charge in [-0.25, -0.2) is 13.2 Å². The number of sulfonamides is 1. The van der Waals surface area contributed by atoms with E-state index in [0.717, 1.165) is 14.9 Å². The number of benzene rings is 1. The summed E-state index contributed by atoms with van der Waals surface area (Å²) in [6.45, 7) is 1.58. The molecule has 0 bridgehead atoms. The Bertz CT molecular complexity index is 768. The summed E-state index contributed by atoms with van der Waals surface area (Å²) in [5.74, 6) is -1.13. The first kappa shape index (κ1) is 15.3. The van der Waals surface area contributed by atoms with Crippen molar-refractivity contribution in [3.63, 3.8) is 0 Å². The molecular formula is C12H10INO4S2. The minimum Gasteiger partial charge on any atom is -0.477 e. The second-order valence-corrected chi connectivity index (χ2v) is 7.99. The lowest BCUT2D eigenvalue weighted by atomic mass is 10.3. The van der Waals surface area contributed by atoms with Crippen LogP contribution in [0, 0.1) is 10.5 Å². The third-order valence-corrected chi connectivity index (χ3v) is 6.09. The lowest BCUT2D eigenvalue weighted by Gasteiger charge is -2.09. The van der Waals surface area contributed by atoms with Crippen molar-refractivity contribution in [2.75, 3.05) is 4.72 Å². The first-order chi connectivity index (χ1) is 9.31. The molecule has 5 nitrogen and oxygen atoms in total. The number of aryl methyl sites for hydroxylation is 1. The second-order valence-electron chi connectivity index (χ2n) is 3.92. The summed E-state index contributed by atoms with van der Waals surface area (Å²) >= 11 is 2.97. The summed E-state index contributed by atoms with van der Waals surface area (Å²) in [5, 5.41) is 8.92. The van der Waals surface area contributed by atoms with Crippen LogP contribution in [-0.4, -0.2) is 19.5 Å². The van der Waals surface area contributed by atoms with E-state index in [1.165, 1.54) is 6.07 Å². The van der Waals surface area contributed by atoms with Gasteiger partial charge < -0.3 is 5.11 Å². The molecule has 0 atom stereocenters. The van der Waals surface area contributed by atoms with Gasteiger partial charge in [0.05, 0.1) is 5.69 Å². The Hall–Kier alpha value is -1.13. The molecule has 0 aliphatic rings. The second kappa shape index (κ2) is 5.70. The highest BCUT2D eigenvalue weighted by Crippen LogP contribution is 2.28. The lowest BCUT2D eigenvalue weighted by molar-refractivity contribution is 0.0702. The highest BCUT2D eigenvalue weighted by molar-refractivity contribution is 14.1. The number of halogens is 1. The molecule has 2 aromatic rings. The van der Waals surface area contributed by atoms with E-state index in [1.54, 1.807) is 31.2 Å². The Morgan fingerprint density at radius 2 is 2.00 bits per heavy atom. The molecule has 0 amide bonds. The number of rotatable bonds is 4. The van der Waals surface area contributed by atoms with Crippen LogP contribution in [0.25, 0.3) is 0 Å². The molecule has 2 rings (SSSR count). The van der Waals surface area contributed by atoms with E-state index in [-0.39, 0.29) is 9.77 Å². The van der Waals surface area contributed by atoms with Gasteiger partial charge in [0.25, 0.3) is 10.0 Å². The maximum Gasteiger partial charge on any atom is 0.345 e. The monoisotopic (exact) mass is 423 g/mol. The Labute approximate surface area is 133 Å². The molecule has 0 aliphatic heterocycles. The largest absolute Gasteiger partial charge is 0.477 e. The van der Waals surface area contributed by atoms with Crippen LogP contribution < -0.4 is 4.72 Å². The van der Waals surface area contributed by atoms with Gasteiger partial charge in [0.1, 0.15) is 9.77 Å².